The van der Waals surface area contributed by atoms with Crippen molar-refractivity contribution in [2.24, 2.45) is 0 Å². The lowest BCUT2D eigenvalue weighted by molar-refractivity contribution is 0.0722. The molecule has 0 radical (unpaired) electrons. The molecule has 1 aliphatic rings. The predicted octanol–water partition coefficient (Wildman–Crippen LogP) is 3.82. The van der Waals surface area contributed by atoms with Gasteiger partial charge in [-0.1, -0.05) is 22.0 Å². The molecule has 1 amide bonds. The van der Waals surface area contributed by atoms with Crippen molar-refractivity contribution in [3.63, 3.8) is 0 Å². The third-order valence-electron chi connectivity index (χ3n) is 3.52. The van der Waals surface area contributed by atoms with E-state index in [0.717, 1.165) is 32.6 Å². The van der Waals surface area contributed by atoms with Gasteiger partial charge in [-0.05, 0) is 19.1 Å². The first kappa shape index (κ1) is 14.2. The SMILES string of the molecule is CC1CSCCN1C(=O)c1sc2cccc(Br)c2c1N. The molecule has 0 saturated carbocycles. The summed E-state index contributed by atoms with van der Waals surface area (Å²) in [4.78, 5) is 15.4. The molecule has 6 heteroatoms. The Labute approximate surface area is 134 Å². The molecular formula is C14H15BrN2OS2. The molecule has 1 aromatic heterocycles. The van der Waals surface area contributed by atoms with E-state index in [1.165, 1.54) is 11.3 Å². The van der Waals surface area contributed by atoms with E-state index in [-0.39, 0.29) is 11.9 Å². The number of nitrogens with two attached hydrogens (primary N) is 1. The second-order valence-corrected chi connectivity index (χ2v) is 7.94. The minimum atomic E-state index is 0.0726. The molecule has 20 heavy (non-hydrogen) atoms. The van der Waals surface area contributed by atoms with Crippen molar-refractivity contribution in [3.05, 3.63) is 27.5 Å². The van der Waals surface area contributed by atoms with Crippen molar-refractivity contribution in [2.75, 3.05) is 23.8 Å². The highest BCUT2D eigenvalue weighted by Crippen LogP contribution is 2.39. The quantitative estimate of drug-likeness (QED) is 0.829. The lowest BCUT2D eigenvalue weighted by atomic mass is 10.2. The van der Waals surface area contributed by atoms with Crippen LogP contribution in [-0.2, 0) is 0 Å². The van der Waals surface area contributed by atoms with Crippen LogP contribution in [0.4, 0.5) is 5.69 Å². The van der Waals surface area contributed by atoms with E-state index in [2.05, 4.69) is 22.9 Å². The second-order valence-electron chi connectivity index (χ2n) is 4.88. The summed E-state index contributed by atoms with van der Waals surface area (Å²) in [5.74, 6) is 2.08. The number of carbonyl (C=O) groups is 1. The molecule has 1 aliphatic heterocycles. The van der Waals surface area contributed by atoms with Gasteiger partial charge in [-0.15, -0.1) is 11.3 Å². The van der Waals surface area contributed by atoms with E-state index in [0.29, 0.717) is 10.6 Å². The van der Waals surface area contributed by atoms with Crippen LogP contribution in [0.5, 0.6) is 0 Å². The molecule has 1 fully saturated rings. The Kier molecular flexibility index (Phi) is 3.97. The average molecular weight is 371 g/mol. The van der Waals surface area contributed by atoms with Crippen LogP contribution in [0.2, 0.25) is 0 Å². The first-order chi connectivity index (χ1) is 9.59. The van der Waals surface area contributed by atoms with E-state index >= 15 is 0 Å². The Hall–Kier alpha value is -0.720. The summed E-state index contributed by atoms with van der Waals surface area (Å²) in [6, 6.07) is 6.21. The molecule has 1 atom stereocenters. The predicted molar refractivity (Wildman–Crippen MR) is 91.8 cm³/mol. The number of fused-ring (bicyclic) bond motifs is 1. The molecule has 106 valence electrons. The molecule has 3 rings (SSSR count). The van der Waals surface area contributed by atoms with Gasteiger partial charge in [-0.2, -0.15) is 11.8 Å². The van der Waals surface area contributed by atoms with Gasteiger partial charge in [-0.3, -0.25) is 4.79 Å². The number of anilines is 1. The van der Waals surface area contributed by atoms with Crippen LogP contribution in [0.3, 0.4) is 0 Å². The number of halogens is 1. The number of benzene rings is 1. The first-order valence-electron chi connectivity index (χ1n) is 6.45. The van der Waals surface area contributed by atoms with Gasteiger partial charge in [0.2, 0.25) is 0 Å². The maximum absolute atomic E-state index is 12.7. The molecule has 1 aromatic carbocycles. The summed E-state index contributed by atoms with van der Waals surface area (Å²) < 4.78 is 2.00. The van der Waals surface area contributed by atoms with E-state index < -0.39 is 0 Å². The molecule has 3 nitrogen and oxygen atoms in total. The minimum absolute atomic E-state index is 0.0726. The molecule has 0 spiro atoms. The normalized spacial score (nSPS) is 19.5. The monoisotopic (exact) mass is 370 g/mol. The van der Waals surface area contributed by atoms with Crippen molar-refractivity contribution < 1.29 is 4.79 Å². The second kappa shape index (κ2) is 5.58. The van der Waals surface area contributed by atoms with Crippen molar-refractivity contribution in [1.82, 2.24) is 4.90 Å². The minimum Gasteiger partial charge on any atom is -0.397 e. The molecule has 0 bridgehead atoms. The van der Waals surface area contributed by atoms with Crippen LogP contribution in [0.15, 0.2) is 22.7 Å². The Morgan fingerprint density at radius 3 is 3.00 bits per heavy atom. The molecule has 1 saturated heterocycles. The van der Waals surface area contributed by atoms with E-state index in [1.807, 2.05) is 34.9 Å². The summed E-state index contributed by atoms with van der Waals surface area (Å²) in [6.45, 7) is 2.91. The van der Waals surface area contributed by atoms with Gasteiger partial charge >= 0.3 is 0 Å². The average Bonchev–Trinajstić information content (AvgIpc) is 2.77. The zero-order valence-corrected chi connectivity index (χ0v) is 14.3. The van der Waals surface area contributed by atoms with Gasteiger partial charge in [0.15, 0.2) is 0 Å². The Morgan fingerprint density at radius 2 is 2.30 bits per heavy atom. The zero-order valence-electron chi connectivity index (χ0n) is 11.1. The maximum atomic E-state index is 12.7. The molecule has 2 heterocycles. The molecule has 2 aromatic rings. The number of nitrogens with zero attached hydrogens (tertiary/aromatic N) is 1. The third-order valence-corrected chi connectivity index (χ3v) is 6.53. The highest BCUT2D eigenvalue weighted by molar-refractivity contribution is 9.10. The van der Waals surface area contributed by atoms with Crippen molar-refractivity contribution in [2.45, 2.75) is 13.0 Å². The number of amides is 1. The number of carbonyl (C=O) groups excluding carboxylic acids is 1. The first-order valence-corrected chi connectivity index (χ1v) is 9.21. The lowest BCUT2D eigenvalue weighted by Gasteiger charge is -2.32. The highest BCUT2D eigenvalue weighted by Gasteiger charge is 2.28. The van der Waals surface area contributed by atoms with Crippen molar-refractivity contribution in [1.29, 1.82) is 0 Å². The third kappa shape index (κ3) is 2.34. The van der Waals surface area contributed by atoms with E-state index in [9.17, 15) is 4.79 Å². The number of thiophene rings is 1. The van der Waals surface area contributed by atoms with Gasteiger partial charge < -0.3 is 10.6 Å². The number of nitrogen functional groups attached to an aromatic ring is 1. The Morgan fingerprint density at radius 1 is 1.50 bits per heavy atom. The fourth-order valence-corrected chi connectivity index (χ4v) is 5.28. The van der Waals surface area contributed by atoms with Gasteiger partial charge in [0.1, 0.15) is 4.88 Å². The molecule has 2 N–H and O–H groups in total. The number of hydrogen-bond acceptors (Lipinski definition) is 4. The molecular weight excluding hydrogens is 356 g/mol. The van der Waals surface area contributed by atoms with Crippen LogP contribution in [0.1, 0.15) is 16.6 Å². The van der Waals surface area contributed by atoms with Crippen LogP contribution < -0.4 is 5.73 Å². The van der Waals surface area contributed by atoms with Crippen molar-refractivity contribution in [3.8, 4) is 0 Å². The highest BCUT2D eigenvalue weighted by atomic mass is 79.9. The van der Waals surface area contributed by atoms with Gasteiger partial charge in [0.25, 0.3) is 5.91 Å². The summed E-state index contributed by atoms with van der Waals surface area (Å²) in [7, 11) is 0. The fourth-order valence-electron chi connectivity index (χ4n) is 2.45. The van der Waals surface area contributed by atoms with Crippen molar-refractivity contribution >= 4 is 60.7 Å². The summed E-state index contributed by atoms with van der Waals surface area (Å²) in [5, 5.41) is 0.958. The molecule has 1 unspecified atom stereocenters. The maximum Gasteiger partial charge on any atom is 0.266 e. The zero-order chi connectivity index (χ0) is 14.3. The van der Waals surface area contributed by atoms with Gasteiger partial charge in [0.05, 0.1) is 5.69 Å². The number of thioether (sulfide) groups is 1. The van der Waals surface area contributed by atoms with E-state index in [1.54, 1.807) is 0 Å². The van der Waals surface area contributed by atoms with Crippen LogP contribution in [-0.4, -0.2) is 34.9 Å². The van der Waals surface area contributed by atoms with E-state index in [4.69, 9.17) is 5.73 Å². The fraction of sp³-hybridized carbons (Fsp3) is 0.357. The van der Waals surface area contributed by atoms with Crippen LogP contribution in [0.25, 0.3) is 10.1 Å². The topological polar surface area (TPSA) is 46.3 Å². The number of hydrogen-bond donors (Lipinski definition) is 1. The smallest absolute Gasteiger partial charge is 0.266 e. The lowest BCUT2D eigenvalue weighted by Crippen LogP contribution is -2.44. The largest absolute Gasteiger partial charge is 0.397 e. The molecule has 0 aliphatic carbocycles. The standard InChI is InChI=1S/C14H15BrN2OS2/c1-8-7-19-6-5-17(8)14(18)13-12(16)11-9(15)3-2-4-10(11)20-13/h2-4,8H,5-7,16H2,1H3. The van der Waals surface area contributed by atoms with Crippen LogP contribution in [0, 0.1) is 0 Å². The summed E-state index contributed by atoms with van der Waals surface area (Å²) in [6.07, 6.45) is 0. The number of rotatable bonds is 1. The van der Waals surface area contributed by atoms with Gasteiger partial charge in [0, 0.05) is 38.7 Å². The summed E-state index contributed by atoms with van der Waals surface area (Å²) >= 11 is 6.91. The van der Waals surface area contributed by atoms with Gasteiger partial charge in [-0.25, -0.2) is 0 Å². The van der Waals surface area contributed by atoms with Crippen LogP contribution >= 0.6 is 39.0 Å². The Bertz CT molecular complexity index is 670. The Balaban J connectivity index is 2.03. The summed E-state index contributed by atoms with van der Waals surface area (Å²) in [5.41, 5.74) is 6.83.